The van der Waals surface area contributed by atoms with E-state index in [1.807, 2.05) is 19.3 Å². The zero-order valence-electron chi connectivity index (χ0n) is 9.41. The number of nitrogens with one attached hydrogen (secondary N) is 1. The molecule has 0 bridgehead atoms. The first-order chi connectivity index (χ1) is 7.24. The molecule has 78 valence electrons. The molecule has 0 aliphatic heterocycles. The summed E-state index contributed by atoms with van der Waals surface area (Å²) in [6, 6.07) is 8.41. The van der Waals surface area contributed by atoms with E-state index < -0.39 is 0 Å². The molecule has 0 saturated heterocycles. The number of hydrogen-bond acceptors (Lipinski definition) is 2. The van der Waals surface area contributed by atoms with E-state index in [9.17, 15) is 0 Å². The Morgan fingerprint density at radius 3 is 2.67 bits per heavy atom. The summed E-state index contributed by atoms with van der Waals surface area (Å²) in [7, 11) is 1.93. The molecule has 0 aliphatic carbocycles. The molecule has 2 rings (SSSR count). The summed E-state index contributed by atoms with van der Waals surface area (Å²) in [4.78, 5) is 4.43. The molecule has 0 unspecified atom stereocenters. The summed E-state index contributed by atoms with van der Waals surface area (Å²) >= 11 is 0. The Labute approximate surface area is 90.3 Å². The molecule has 0 atom stereocenters. The minimum Gasteiger partial charge on any atom is -0.386 e. The lowest BCUT2D eigenvalue weighted by Crippen LogP contribution is -1.95. The largest absolute Gasteiger partial charge is 0.386 e. The highest BCUT2D eigenvalue weighted by molar-refractivity contribution is 5.92. The second-order valence-electron chi connectivity index (χ2n) is 4.01. The van der Waals surface area contributed by atoms with E-state index in [1.54, 1.807) is 0 Å². The highest BCUT2D eigenvalue weighted by atomic mass is 14.8. The average Bonchev–Trinajstić information content (AvgIpc) is 2.27. The van der Waals surface area contributed by atoms with Gasteiger partial charge >= 0.3 is 0 Å². The lowest BCUT2D eigenvalue weighted by molar-refractivity contribution is 0.876. The molecule has 1 aromatic heterocycles. The minimum absolute atomic E-state index is 0.530. The van der Waals surface area contributed by atoms with Crippen LogP contribution in [-0.2, 0) is 0 Å². The molecule has 0 spiro atoms. The summed E-state index contributed by atoms with van der Waals surface area (Å²) in [5.74, 6) is 0.530. The standard InChI is InChI=1S/C13H16N2/c1-9(2)10-6-7-12(14-3)13-11(10)5-4-8-15-13/h4-9,14H,1-3H3. The molecule has 15 heavy (non-hydrogen) atoms. The van der Waals surface area contributed by atoms with Crippen molar-refractivity contribution in [1.29, 1.82) is 0 Å². The van der Waals surface area contributed by atoms with Gasteiger partial charge in [0.25, 0.3) is 0 Å². The Hall–Kier alpha value is -1.57. The van der Waals surface area contributed by atoms with E-state index in [-0.39, 0.29) is 0 Å². The first kappa shape index (κ1) is 9.97. The predicted octanol–water partition coefficient (Wildman–Crippen LogP) is 3.40. The van der Waals surface area contributed by atoms with E-state index in [0.29, 0.717) is 5.92 Å². The summed E-state index contributed by atoms with van der Waals surface area (Å²) in [5.41, 5.74) is 3.51. The maximum Gasteiger partial charge on any atom is 0.0935 e. The van der Waals surface area contributed by atoms with Crippen LogP contribution in [0.5, 0.6) is 0 Å². The van der Waals surface area contributed by atoms with Crippen molar-refractivity contribution >= 4 is 16.6 Å². The quantitative estimate of drug-likeness (QED) is 0.803. The van der Waals surface area contributed by atoms with Crippen LogP contribution in [0, 0.1) is 0 Å². The van der Waals surface area contributed by atoms with Crippen molar-refractivity contribution in [2.75, 3.05) is 12.4 Å². The molecule has 2 nitrogen and oxygen atoms in total. The van der Waals surface area contributed by atoms with Gasteiger partial charge in [0.05, 0.1) is 11.2 Å². The van der Waals surface area contributed by atoms with Crippen LogP contribution < -0.4 is 5.32 Å². The minimum atomic E-state index is 0.530. The summed E-state index contributed by atoms with van der Waals surface area (Å²) in [6.07, 6.45) is 1.84. The van der Waals surface area contributed by atoms with Crippen LogP contribution in [0.15, 0.2) is 30.5 Å². The number of hydrogen-bond donors (Lipinski definition) is 1. The van der Waals surface area contributed by atoms with Crippen molar-refractivity contribution in [3.8, 4) is 0 Å². The fourth-order valence-electron chi connectivity index (χ4n) is 1.90. The summed E-state index contributed by atoms with van der Waals surface area (Å²) in [5, 5.41) is 4.42. The zero-order valence-corrected chi connectivity index (χ0v) is 9.41. The number of aromatic nitrogens is 1. The molecule has 0 saturated carbocycles. The van der Waals surface area contributed by atoms with Crippen LogP contribution >= 0.6 is 0 Å². The van der Waals surface area contributed by atoms with E-state index in [1.165, 1.54) is 10.9 Å². The first-order valence-corrected chi connectivity index (χ1v) is 5.29. The van der Waals surface area contributed by atoms with E-state index >= 15 is 0 Å². The number of nitrogens with zero attached hydrogens (tertiary/aromatic N) is 1. The van der Waals surface area contributed by atoms with Crippen molar-refractivity contribution in [2.45, 2.75) is 19.8 Å². The van der Waals surface area contributed by atoms with Gasteiger partial charge in [-0.1, -0.05) is 26.0 Å². The molecular weight excluding hydrogens is 184 g/mol. The van der Waals surface area contributed by atoms with Crippen LogP contribution in [0.2, 0.25) is 0 Å². The third-order valence-electron chi connectivity index (χ3n) is 2.69. The van der Waals surface area contributed by atoms with Crippen molar-refractivity contribution in [3.63, 3.8) is 0 Å². The highest BCUT2D eigenvalue weighted by Crippen LogP contribution is 2.28. The molecule has 1 N–H and O–H groups in total. The van der Waals surface area contributed by atoms with Crippen LogP contribution in [0.25, 0.3) is 10.9 Å². The first-order valence-electron chi connectivity index (χ1n) is 5.29. The van der Waals surface area contributed by atoms with Gasteiger partial charge in [0.2, 0.25) is 0 Å². The van der Waals surface area contributed by atoms with Gasteiger partial charge in [0.1, 0.15) is 0 Å². The van der Waals surface area contributed by atoms with Crippen LogP contribution in [0.1, 0.15) is 25.3 Å². The highest BCUT2D eigenvalue weighted by Gasteiger charge is 2.07. The van der Waals surface area contributed by atoms with Gasteiger partial charge in [-0.25, -0.2) is 0 Å². The smallest absolute Gasteiger partial charge is 0.0935 e. The Bertz CT molecular complexity index is 475. The zero-order chi connectivity index (χ0) is 10.8. The normalized spacial score (nSPS) is 10.9. The van der Waals surface area contributed by atoms with Crippen molar-refractivity contribution in [1.82, 2.24) is 4.98 Å². The van der Waals surface area contributed by atoms with Crippen molar-refractivity contribution in [3.05, 3.63) is 36.0 Å². The van der Waals surface area contributed by atoms with E-state index in [0.717, 1.165) is 11.2 Å². The number of benzene rings is 1. The van der Waals surface area contributed by atoms with E-state index in [2.05, 4.69) is 42.3 Å². The van der Waals surface area contributed by atoms with E-state index in [4.69, 9.17) is 0 Å². The average molecular weight is 200 g/mol. The van der Waals surface area contributed by atoms with Gasteiger partial charge in [-0.3, -0.25) is 4.98 Å². The maximum atomic E-state index is 4.43. The lowest BCUT2D eigenvalue weighted by atomic mass is 9.97. The second kappa shape index (κ2) is 3.89. The molecule has 0 aliphatic rings. The maximum absolute atomic E-state index is 4.43. The monoisotopic (exact) mass is 200 g/mol. The van der Waals surface area contributed by atoms with Gasteiger partial charge in [0.15, 0.2) is 0 Å². The summed E-state index contributed by atoms with van der Waals surface area (Å²) < 4.78 is 0. The van der Waals surface area contributed by atoms with Gasteiger partial charge in [-0.05, 0) is 23.6 Å². The van der Waals surface area contributed by atoms with Crippen molar-refractivity contribution < 1.29 is 0 Å². The number of rotatable bonds is 2. The van der Waals surface area contributed by atoms with Crippen LogP contribution in [-0.4, -0.2) is 12.0 Å². The topological polar surface area (TPSA) is 24.9 Å². The SMILES string of the molecule is CNc1ccc(C(C)C)c2cccnc12. The fraction of sp³-hybridized carbons (Fsp3) is 0.308. The Morgan fingerprint density at radius 2 is 2.00 bits per heavy atom. The third-order valence-corrected chi connectivity index (χ3v) is 2.69. The Kier molecular flexibility index (Phi) is 2.58. The predicted molar refractivity (Wildman–Crippen MR) is 65.4 cm³/mol. The molecule has 2 aromatic rings. The molecule has 0 fully saturated rings. The second-order valence-corrected chi connectivity index (χ2v) is 4.01. The van der Waals surface area contributed by atoms with Crippen LogP contribution in [0.4, 0.5) is 5.69 Å². The number of anilines is 1. The molecule has 0 radical (unpaired) electrons. The molecular formula is C13H16N2. The van der Waals surface area contributed by atoms with Gasteiger partial charge in [-0.15, -0.1) is 0 Å². The molecule has 1 aromatic carbocycles. The molecule has 2 heteroatoms. The Morgan fingerprint density at radius 1 is 1.20 bits per heavy atom. The number of pyridine rings is 1. The van der Waals surface area contributed by atoms with Crippen LogP contribution in [0.3, 0.4) is 0 Å². The lowest BCUT2D eigenvalue weighted by Gasteiger charge is -2.12. The van der Waals surface area contributed by atoms with Gasteiger partial charge in [0, 0.05) is 18.6 Å². The van der Waals surface area contributed by atoms with Crippen molar-refractivity contribution in [2.24, 2.45) is 0 Å². The third kappa shape index (κ3) is 1.67. The molecule has 0 amide bonds. The van der Waals surface area contributed by atoms with Gasteiger partial charge < -0.3 is 5.32 Å². The molecule has 1 heterocycles. The Balaban J connectivity index is 2.77. The number of fused-ring (bicyclic) bond motifs is 1. The summed E-state index contributed by atoms with van der Waals surface area (Å²) in [6.45, 7) is 4.42. The van der Waals surface area contributed by atoms with Gasteiger partial charge in [-0.2, -0.15) is 0 Å². The fourth-order valence-corrected chi connectivity index (χ4v) is 1.90.